The molecule has 2 rings (SSSR count). The number of hydrogen-bond donors (Lipinski definition) is 0. The monoisotopic (exact) mass is 246 g/mol. The van der Waals surface area contributed by atoms with Crippen LogP contribution in [0.4, 0.5) is 10.5 Å². The summed E-state index contributed by atoms with van der Waals surface area (Å²) in [6.45, 7) is 6.96. The van der Waals surface area contributed by atoms with Crippen LogP contribution in [0.15, 0.2) is 24.3 Å². The maximum absolute atomic E-state index is 12.2. The fourth-order valence-electron chi connectivity index (χ4n) is 2.17. The second kappa shape index (κ2) is 4.80. The van der Waals surface area contributed by atoms with Crippen molar-refractivity contribution >= 4 is 17.5 Å². The van der Waals surface area contributed by atoms with Crippen molar-refractivity contribution in [2.75, 3.05) is 18.0 Å². The molecule has 1 aromatic rings. The van der Waals surface area contributed by atoms with Crippen molar-refractivity contribution in [2.24, 2.45) is 0 Å². The number of rotatable bonds is 3. The van der Waals surface area contributed by atoms with Crippen LogP contribution in [0, 0.1) is 0 Å². The molecule has 96 valence electrons. The third-order valence-electron chi connectivity index (χ3n) is 3.23. The van der Waals surface area contributed by atoms with Crippen molar-refractivity contribution in [3.8, 4) is 0 Å². The number of urea groups is 1. The number of Topliss-reactive ketones (excluding diaryl/α,β-unsaturated/α-hetero) is 1. The van der Waals surface area contributed by atoms with Crippen molar-refractivity contribution in [3.63, 3.8) is 0 Å². The molecule has 18 heavy (non-hydrogen) atoms. The number of hydrogen-bond acceptors (Lipinski definition) is 2. The van der Waals surface area contributed by atoms with Crippen LogP contribution in [0.3, 0.4) is 0 Å². The summed E-state index contributed by atoms with van der Waals surface area (Å²) in [5.74, 6) is 0.0178. The molecule has 4 heteroatoms. The minimum atomic E-state index is 0.0178. The van der Waals surface area contributed by atoms with Crippen LogP contribution in [-0.2, 0) is 0 Å². The van der Waals surface area contributed by atoms with Crippen LogP contribution in [0.5, 0.6) is 0 Å². The molecule has 1 aliphatic heterocycles. The van der Waals surface area contributed by atoms with Gasteiger partial charge in [0.1, 0.15) is 0 Å². The molecule has 1 heterocycles. The zero-order valence-corrected chi connectivity index (χ0v) is 11.0. The van der Waals surface area contributed by atoms with Gasteiger partial charge in [-0.05, 0) is 32.9 Å². The van der Waals surface area contributed by atoms with E-state index in [1.807, 2.05) is 30.9 Å². The second-order valence-electron chi connectivity index (χ2n) is 4.83. The van der Waals surface area contributed by atoms with Gasteiger partial charge in [-0.1, -0.05) is 12.1 Å². The second-order valence-corrected chi connectivity index (χ2v) is 4.83. The molecule has 2 amide bonds. The van der Waals surface area contributed by atoms with Gasteiger partial charge in [0.25, 0.3) is 0 Å². The van der Waals surface area contributed by atoms with Crippen molar-refractivity contribution in [3.05, 3.63) is 29.8 Å². The molecule has 0 aromatic heterocycles. The number of carbonyl (C=O) groups excluding carboxylic acids is 2. The van der Waals surface area contributed by atoms with E-state index in [1.165, 1.54) is 6.92 Å². The van der Waals surface area contributed by atoms with Gasteiger partial charge in [-0.25, -0.2) is 4.79 Å². The largest absolute Gasteiger partial charge is 0.324 e. The Kier molecular flexibility index (Phi) is 3.36. The van der Waals surface area contributed by atoms with Crippen LogP contribution < -0.4 is 4.90 Å². The molecular formula is C14H18N2O2. The molecule has 0 atom stereocenters. The molecule has 0 N–H and O–H groups in total. The number of amides is 2. The zero-order chi connectivity index (χ0) is 13.3. The average Bonchev–Trinajstić information content (AvgIpc) is 2.71. The highest BCUT2D eigenvalue weighted by atomic mass is 16.2. The molecule has 0 saturated carbocycles. The van der Waals surface area contributed by atoms with Gasteiger partial charge < -0.3 is 4.90 Å². The van der Waals surface area contributed by atoms with Crippen LogP contribution in [0.1, 0.15) is 31.1 Å². The summed E-state index contributed by atoms with van der Waals surface area (Å²) in [6.07, 6.45) is 0. The number of carbonyl (C=O) groups is 2. The summed E-state index contributed by atoms with van der Waals surface area (Å²) in [5.41, 5.74) is 1.44. The van der Waals surface area contributed by atoms with Crippen LogP contribution in [0.25, 0.3) is 0 Å². The van der Waals surface area contributed by atoms with Crippen molar-refractivity contribution in [1.82, 2.24) is 4.90 Å². The molecule has 0 aliphatic carbocycles. The van der Waals surface area contributed by atoms with E-state index in [2.05, 4.69) is 0 Å². The van der Waals surface area contributed by atoms with Crippen LogP contribution in [-0.4, -0.2) is 35.8 Å². The number of ketones is 1. The Morgan fingerprint density at radius 1 is 1.28 bits per heavy atom. The van der Waals surface area contributed by atoms with Gasteiger partial charge in [0, 0.05) is 30.4 Å². The predicted octanol–water partition coefficient (Wildman–Crippen LogP) is 2.54. The van der Waals surface area contributed by atoms with E-state index >= 15 is 0 Å². The lowest BCUT2D eigenvalue weighted by atomic mass is 10.1. The molecule has 1 aliphatic rings. The van der Waals surface area contributed by atoms with Gasteiger partial charge in [0.15, 0.2) is 5.78 Å². The van der Waals surface area contributed by atoms with E-state index in [9.17, 15) is 9.59 Å². The zero-order valence-electron chi connectivity index (χ0n) is 11.0. The highest BCUT2D eigenvalue weighted by Crippen LogP contribution is 2.22. The van der Waals surface area contributed by atoms with Gasteiger partial charge in [-0.15, -0.1) is 0 Å². The highest BCUT2D eigenvalue weighted by Gasteiger charge is 2.31. The summed E-state index contributed by atoms with van der Waals surface area (Å²) in [6, 6.07) is 7.46. The summed E-state index contributed by atoms with van der Waals surface area (Å²) in [7, 11) is 0. The number of anilines is 1. The Balaban J connectivity index is 2.25. The molecular weight excluding hydrogens is 228 g/mol. The fraction of sp³-hybridized carbons (Fsp3) is 0.429. The van der Waals surface area contributed by atoms with E-state index in [0.717, 1.165) is 12.2 Å². The Morgan fingerprint density at radius 2 is 2.00 bits per heavy atom. The van der Waals surface area contributed by atoms with Gasteiger partial charge in [-0.2, -0.15) is 0 Å². The summed E-state index contributed by atoms with van der Waals surface area (Å²) < 4.78 is 0. The van der Waals surface area contributed by atoms with Crippen molar-refractivity contribution in [1.29, 1.82) is 0 Å². The topological polar surface area (TPSA) is 40.6 Å². The molecule has 0 bridgehead atoms. The van der Waals surface area contributed by atoms with Gasteiger partial charge in [0.05, 0.1) is 0 Å². The van der Waals surface area contributed by atoms with Crippen molar-refractivity contribution in [2.45, 2.75) is 26.8 Å². The first-order valence-electron chi connectivity index (χ1n) is 6.20. The Hall–Kier alpha value is -1.84. The minimum Gasteiger partial charge on any atom is -0.320 e. The number of nitrogens with zero attached hydrogens (tertiary/aromatic N) is 2. The lowest BCUT2D eigenvalue weighted by Crippen LogP contribution is -2.36. The Bertz CT molecular complexity index is 482. The summed E-state index contributed by atoms with van der Waals surface area (Å²) in [5, 5.41) is 0. The van der Waals surface area contributed by atoms with Crippen molar-refractivity contribution < 1.29 is 9.59 Å². The van der Waals surface area contributed by atoms with Crippen LogP contribution >= 0.6 is 0 Å². The quantitative estimate of drug-likeness (QED) is 0.769. The smallest absolute Gasteiger partial charge is 0.320 e. The van der Waals surface area contributed by atoms with E-state index in [1.54, 1.807) is 17.0 Å². The molecule has 1 aromatic carbocycles. The predicted molar refractivity (Wildman–Crippen MR) is 71.0 cm³/mol. The molecule has 4 nitrogen and oxygen atoms in total. The normalized spacial score (nSPS) is 15.7. The molecule has 0 unspecified atom stereocenters. The maximum Gasteiger partial charge on any atom is 0.324 e. The molecule has 1 fully saturated rings. The maximum atomic E-state index is 12.2. The van der Waals surface area contributed by atoms with E-state index in [4.69, 9.17) is 0 Å². The number of benzene rings is 1. The standard InChI is InChI=1S/C14H18N2O2/c1-10(2)15-7-8-16(14(15)18)13-6-4-5-12(9-13)11(3)17/h4-6,9-10H,7-8H2,1-3H3. The van der Waals surface area contributed by atoms with E-state index < -0.39 is 0 Å². The average molecular weight is 246 g/mol. The summed E-state index contributed by atoms with van der Waals surface area (Å²) in [4.78, 5) is 27.1. The highest BCUT2D eigenvalue weighted by molar-refractivity contribution is 5.98. The Morgan fingerprint density at radius 3 is 2.56 bits per heavy atom. The van der Waals surface area contributed by atoms with Crippen LogP contribution in [0.2, 0.25) is 0 Å². The SMILES string of the molecule is CC(=O)c1cccc(N2CCN(C(C)C)C2=O)c1. The molecule has 0 spiro atoms. The fourth-order valence-corrected chi connectivity index (χ4v) is 2.17. The third kappa shape index (κ3) is 2.23. The van der Waals surface area contributed by atoms with E-state index in [0.29, 0.717) is 12.1 Å². The van der Waals surface area contributed by atoms with Gasteiger partial charge in [-0.3, -0.25) is 9.69 Å². The van der Waals surface area contributed by atoms with Gasteiger partial charge in [0.2, 0.25) is 0 Å². The first-order valence-corrected chi connectivity index (χ1v) is 6.20. The first kappa shape index (κ1) is 12.6. The van der Waals surface area contributed by atoms with Gasteiger partial charge >= 0.3 is 6.03 Å². The first-order chi connectivity index (χ1) is 8.50. The lowest BCUT2D eigenvalue weighted by Gasteiger charge is -2.21. The van der Waals surface area contributed by atoms with E-state index in [-0.39, 0.29) is 17.9 Å². The molecule has 1 saturated heterocycles. The molecule has 0 radical (unpaired) electrons. The summed E-state index contributed by atoms with van der Waals surface area (Å²) >= 11 is 0. The third-order valence-corrected chi connectivity index (χ3v) is 3.23. The lowest BCUT2D eigenvalue weighted by molar-refractivity contribution is 0.101. The Labute approximate surface area is 107 Å². The minimum absolute atomic E-state index is 0.0178.